The number of ether oxygens (including phenoxy) is 1. The van der Waals surface area contributed by atoms with E-state index in [-0.39, 0.29) is 19.4 Å². The van der Waals surface area contributed by atoms with Crippen molar-refractivity contribution >= 4 is 30.3 Å². The summed E-state index contributed by atoms with van der Waals surface area (Å²) in [4.78, 5) is 56.1. The monoisotopic (exact) mass is 685 g/mol. The second-order valence-electron chi connectivity index (χ2n) is 11.3. The Bertz CT molecular complexity index is 1860. The number of fused-ring (bicyclic) bond motifs is 1. The fourth-order valence-corrected chi connectivity index (χ4v) is 6.16. The van der Waals surface area contributed by atoms with E-state index >= 15 is 0 Å². The molecule has 5 rings (SSSR count). The average molecular weight is 686 g/mol. The number of hydrogen-bond acceptors (Lipinski definition) is 10. The van der Waals surface area contributed by atoms with Crippen LogP contribution in [0.15, 0.2) is 88.6 Å². The Labute approximate surface area is 275 Å². The maximum absolute atomic E-state index is 13.9. The molecule has 0 amide bonds. The van der Waals surface area contributed by atoms with Gasteiger partial charge in [0.2, 0.25) is 5.82 Å². The van der Waals surface area contributed by atoms with Gasteiger partial charge in [0, 0.05) is 18.2 Å². The van der Waals surface area contributed by atoms with Gasteiger partial charge in [-0.05, 0) is 23.4 Å². The van der Waals surface area contributed by atoms with Gasteiger partial charge in [-0.15, -0.1) is 0 Å². The first kappa shape index (κ1) is 35.1. The first-order valence-electron chi connectivity index (χ1n) is 15.6. The Kier molecular flexibility index (Phi) is 11.6. The molecule has 5 atom stereocenters. The van der Waals surface area contributed by atoms with Gasteiger partial charge in [-0.2, -0.15) is 4.39 Å². The third-order valence-corrected chi connectivity index (χ3v) is 8.74. The van der Waals surface area contributed by atoms with Crippen LogP contribution in [0, 0.1) is 5.82 Å². The number of aliphatic hydroxyl groups is 1. The largest absolute Gasteiger partial charge is 0.529 e. The van der Waals surface area contributed by atoms with Gasteiger partial charge in [0.25, 0.3) is 5.56 Å². The summed E-state index contributed by atoms with van der Waals surface area (Å²) in [6.07, 6.45) is -0.773. The number of benzene rings is 3. The molecule has 0 spiro atoms. The van der Waals surface area contributed by atoms with Crippen molar-refractivity contribution in [2.75, 3.05) is 18.3 Å². The lowest BCUT2D eigenvalue weighted by atomic mass is 10.0. The predicted octanol–water partition coefficient (Wildman–Crippen LogP) is 4.38. The minimum atomic E-state index is -5.12. The lowest BCUT2D eigenvalue weighted by Crippen LogP contribution is -2.44. The highest BCUT2D eigenvalue weighted by atomic mass is 31.2. The van der Waals surface area contributed by atoms with E-state index in [1.807, 2.05) is 54.6 Å². The molecule has 1 saturated heterocycles. The van der Waals surface area contributed by atoms with E-state index in [1.165, 1.54) is 5.06 Å². The summed E-state index contributed by atoms with van der Waals surface area (Å²) in [5.41, 5.74) is -0.899. The number of carbonyl (C=O) groups is 1. The second kappa shape index (κ2) is 15.8. The molecule has 256 valence electrons. The Morgan fingerprint density at radius 2 is 1.83 bits per heavy atom. The number of hydrogen-bond donors (Lipinski definition) is 3. The molecule has 0 bridgehead atoms. The van der Waals surface area contributed by atoms with E-state index in [2.05, 4.69) is 6.92 Å². The summed E-state index contributed by atoms with van der Waals surface area (Å²) in [6.45, 7) is 1.60. The number of hydroxylamine groups is 1. The molecule has 3 N–H and O–H groups in total. The highest BCUT2D eigenvalue weighted by Crippen LogP contribution is 2.45. The first-order valence-corrected chi connectivity index (χ1v) is 17.0. The zero-order valence-electron chi connectivity index (χ0n) is 26.1. The summed E-state index contributed by atoms with van der Waals surface area (Å²) < 4.78 is 43.5. The second-order valence-corrected chi connectivity index (χ2v) is 12.7. The normalized spacial score (nSPS) is 19.5. The molecule has 4 aromatic rings. The highest BCUT2D eigenvalue weighted by Gasteiger charge is 2.40. The highest BCUT2D eigenvalue weighted by molar-refractivity contribution is 7.48. The fraction of sp³-hybridized carbons (Fsp3) is 0.364. The number of unbranched alkanes of at least 4 members (excludes halogenated alkanes) is 2. The van der Waals surface area contributed by atoms with Gasteiger partial charge in [0.05, 0.1) is 31.2 Å². The van der Waals surface area contributed by atoms with Crippen LogP contribution in [-0.2, 0) is 34.4 Å². The van der Waals surface area contributed by atoms with Gasteiger partial charge in [0.15, 0.2) is 6.04 Å². The van der Waals surface area contributed by atoms with Crippen LogP contribution in [0.25, 0.3) is 10.8 Å². The number of rotatable bonds is 15. The van der Waals surface area contributed by atoms with E-state index < -0.39 is 61.9 Å². The van der Waals surface area contributed by atoms with Gasteiger partial charge in [-0.1, -0.05) is 86.5 Å². The maximum atomic E-state index is 13.9. The predicted molar refractivity (Wildman–Crippen MR) is 174 cm³/mol. The average Bonchev–Trinajstić information content (AvgIpc) is 3.44. The third-order valence-electron chi connectivity index (χ3n) is 7.86. The van der Waals surface area contributed by atoms with Gasteiger partial charge in [-0.3, -0.25) is 28.6 Å². The van der Waals surface area contributed by atoms with Crippen molar-refractivity contribution in [2.24, 2.45) is 0 Å². The zero-order chi connectivity index (χ0) is 34.3. The van der Waals surface area contributed by atoms with Crippen LogP contribution in [0.3, 0.4) is 0 Å². The number of phosphoric ester groups is 1. The van der Waals surface area contributed by atoms with E-state index in [0.717, 1.165) is 33.7 Å². The summed E-state index contributed by atoms with van der Waals surface area (Å²) in [5, 5.41) is 13.6. The standard InChI is InChI=1S/C33H37FN3O10P/c1-2-3-9-17-44-37(26-16-10-14-23-13-7-8-15-24(23)26)27(18-22-11-5-4-6-12-22)32(40)47-48(42,43)45-21-29-28(38)19-30(46-29)36-20-25(34)31(39)35-33(36)41/h4-8,10-16,20,27-30,38H,2-3,9,17-19,21H2,1H3,(H,42,43)(H,35,39,41)/t27-,28-,29+,30+/m0/s1. The van der Waals surface area contributed by atoms with E-state index in [9.17, 15) is 33.3 Å². The topological polar surface area (TPSA) is 170 Å². The molecule has 0 radical (unpaired) electrons. The van der Waals surface area contributed by atoms with Gasteiger partial charge < -0.3 is 14.4 Å². The fourth-order valence-electron chi connectivity index (χ4n) is 5.42. The zero-order valence-corrected chi connectivity index (χ0v) is 27.0. The van der Waals surface area contributed by atoms with Crippen molar-refractivity contribution < 1.29 is 42.4 Å². The van der Waals surface area contributed by atoms with Crippen molar-refractivity contribution in [3.8, 4) is 0 Å². The number of nitrogens with one attached hydrogen (secondary N) is 1. The lowest BCUT2D eigenvalue weighted by molar-refractivity contribution is -0.140. The number of carbonyl (C=O) groups excluding carboxylic acids is 1. The Hall–Kier alpha value is -4.17. The molecule has 15 heteroatoms. The Balaban J connectivity index is 1.36. The molecule has 1 aliphatic rings. The number of aromatic nitrogens is 2. The van der Waals surface area contributed by atoms with Crippen molar-refractivity contribution in [1.82, 2.24) is 9.55 Å². The molecular weight excluding hydrogens is 648 g/mol. The van der Waals surface area contributed by atoms with E-state index in [1.54, 1.807) is 23.2 Å². The smallest absolute Gasteiger partial charge is 0.390 e. The molecule has 48 heavy (non-hydrogen) atoms. The minimum absolute atomic E-state index is 0.0489. The van der Waals surface area contributed by atoms with Crippen molar-refractivity contribution in [2.45, 2.75) is 63.5 Å². The molecule has 1 aliphatic heterocycles. The van der Waals surface area contributed by atoms with Crippen LogP contribution in [0.5, 0.6) is 0 Å². The first-order chi connectivity index (χ1) is 23.1. The van der Waals surface area contributed by atoms with Crippen molar-refractivity contribution in [1.29, 1.82) is 0 Å². The summed E-state index contributed by atoms with van der Waals surface area (Å²) in [7, 11) is -5.12. The van der Waals surface area contributed by atoms with Gasteiger partial charge >= 0.3 is 19.5 Å². The Morgan fingerprint density at radius 1 is 1.10 bits per heavy atom. The minimum Gasteiger partial charge on any atom is -0.390 e. The Morgan fingerprint density at radius 3 is 2.60 bits per heavy atom. The number of nitrogens with zero attached hydrogens (tertiary/aromatic N) is 2. The molecule has 2 heterocycles. The van der Waals surface area contributed by atoms with Crippen LogP contribution in [0.4, 0.5) is 10.1 Å². The maximum Gasteiger partial charge on any atom is 0.529 e. The molecule has 1 aromatic heterocycles. The van der Waals surface area contributed by atoms with Gasteiger partial charge in [-0.25, -0.2) is 19.2 Å². The number of H-pyrrole nitrogens is 1. The molecule has 13 nitrogen and oxygen atoms in total. The van der Waals surface area contributed by atoms with Crippen LogP contribution in [0.1, 0.15) is 44.4 Å². The van der Waals surface area contributed by atoms with Crippen molar-refractivity contribution in [3.05, 3.63) is 111 Å². The van der Waals surface area contributed by atoms with Crippen LogP contribution in [-0.4, -0.2) is 57.0 Å². The lowest BCUT2D eigenvalue weighted by Gasteiger charge is -2.32. The van der Waals surface area contributed by atoms with Gasteiger partial charge in [0.1, 0.15) is 12.3 Å². The van der Waals surface area contributed by atoms with Crippen LogP contribution < -0.4 is 16.3 Å². The number of anilines is 1. The summed E-state index contributed by atoms with van der Waals surface area (Å²) in [6, 6.07) is 20.9. The van der Waals surface area contributed by atoms with E-state index in [4.69, 9.17) is 18.6 Å². The number of halogens is 1. The SMILES string of the molecule is CCCCCON(c1cccc2ccccc12)[C@@H](Cc1ccccc1)C(=O)OP(=O)(O)OC[C@H]1O[C@@H](n2cc(F)c(=O)[nH]c2=O)C[C@@H]1O. The number of phosphoric acid groups is 1. The quantitative estimate of drug-likeness (QED) is 0.0923. The molecular formula is C33H37FN3O10P. The molecule has 1 unspecified atom stereocenters. The molecule has 3 aromatic carbocycles. The van der Waals surface area contributed by atoms with E-state index in [0.29, 0.717) is 18.3 Å². The number of aliphatic hydroxyl groups excluding tert-OH is 1. The third kappa shape index (κ3) is 8.64. The van der Waals surface area contributed by atoms with Crippen LogP contribution >= 0.6 is 7.82 Å². The summed E-state index contributed by atoms with van der Waals surface area (Å²) >= 11 is 0. The molecule has 1 fully saturated rings. The molecule has 0 aliphatic carbocycles. The van der Waals surface area contributed by atoms with Crippen molar-refractivity contribution in [3.63, 3.8) is 0 Å². The van der Waals surface area contributed by atoms with Crippen LogP contribution in [0.2, 0.25) is 0 Å². The summed E-state index contributed by atoms with van der Waals surface area (Å²) in [5.74, 6) is -2.34. The number of aromatic amines is 1. The molecule has 0 saturated carbocycles.